The summed E-state index contributed by atoms with van der Waals surface area (Å²) in [5.41, 5.74) is 0. The van der Waals surface area contributed by atoms with Crippen LogP contribution in [0.4, 0.5) is 0 Å². The van der Waals surface area contributed by atoms with Gasteiger partial charge in [-0.3, -0.25) is 9.59 Å². The number of carboxylic acid groups (broad SMARTS) is 1. The number of hydrogen-bond donors (Lipinski definition) is 1. The summed E-state index contributed by atoms with van der Waals surface area (Å²) in [6.07, 6.45) is 35.9. The van der Waals surface area contributed by atoms with Crippen molar-refractivity contribution in [3.05, 3.63) is 12.2 Å². The molecule has 0 saturated carbocycles. The zero-order valence-electron chi connectivity index (χ0n) is 27.7. The molecule has 0 radical (unpaired) electrons. The Hall–Kier alpha value is -1.36. The molecule has 0 aliphatic carbocycles. The van der Waals surface area contributed by atoms with Crippen LogP contribution in [0.15, 0.2) is 12.2 Å². The van der Waals surface area contributed by atoms with Gasteiger partial charge in [0.15, 0.2) is 0 Å². The number of esters is 1. The third-order valence-electron chi connectivity index (χ3n) is 7.99. The van der Waals surface area contributed by atoms with Crippen LogP contribution >= 0.6 is 0 Å². The fourth-order valence-corrected chi connectivity index (χ4v) is 5.38. The summed E-state index contributed by atoms with van der Waals surface area (Å²) in [5.74, 6) is -0.673. The molecule has 5 heteroatoms. The standard InChI is InChI=1S/C36H69NO4/c1-4-5-6-7-19-22-25-29-34(41-36(40)32-28-33-37(2)3)30-26-23-20-17-15-13-11-9-8-10-12-14-16-18-21-24-27-31-35(38)39/h10,12,34H,4-9,11,13-33H2,1-3H3,(H,38,39). The van der Waals surface area contributed by atoms with Gasteiger partial charge in [0.2, 0.25) is 0 Å². The molecule has 0 bridgehead atoms. The van der Waals surface area contributed by atoms with Crippen LogP contribution in [0, 0.1) is 0 Å². The second-order valence-electron chi connectivity index (χ2n) is 12.5. The summed E-state index contributed by atoms with van der Waals surface area (Å²) in [7, 11) is 4.10. The number of carboxylic acids is 1. The summed E-state index contributed by atoms with van der Waals surface area (Å²) in [4.78, 5) is 25.0. The molecule has 0 aromatic rings. The van der Waals surface area contributed by atoms with Crippen molar-refractivity contribution in [1.82, 2.24) is 4.90 Å². The molecule has 41 heavy (non-hydrogen) atoms. The topological polar surface area (TPSA) is 66.8 Å². The molecule has 0 amide bonds. The molecule has 1 unspecified atom stereocenters. The minimum Gasteiger partial charge on any atom is -0.481 e. The van der Waals surface area contributed by atoms with Gasteiger partial charge in [-0.2, -0.15) is 0 Å². The smallest absolute Gasteiger partial charge is 0.306 e. The Kier molecular flexibility index (Phi) is 30.5. The molecule has 0 heterocycles. The molecular formula is C36H69NO4. The average molecular weight is 580 g/mol. The van der Waals surface area contributed by atoms with E-state index in [4.69, 9.17) is 9.84 Å². The summed E-state index contributed by atoms with van der Waals surface area (Å²) in [6.45, 7) is 3.20. The van der Waals surface area contributed by atoms with Gasteiger partial charge in [0.1, 0.15) is 6.10 Å². The Morgan fingerprint density at radius 2 is 1.05 bits per heavy atom. The Balaban J connectivity index is 3.79. The number of allylic oxidation sites excluding steroid dienone is 2. The maximum absolute atomic E-state index is 12.4. The average Bonchev–Trinajstić information content (AvgIpc) is 2.93. The lowest BCUT2D eigenvalue weighted by atomic mass is 10.0. The molecule has 0 fully saturated rings. The van der Waals surface area contributed by atoms with Gasteiger partial charge in [0.25, 0.3) is 0 Å². The maximum Gasteiger partial charge on any atom is 0.306 e. The maximum atomic E-state index is 12.4. The highest BCUT2D eigenvalue weighted by molar-refractivity contribution is 5.69. The highest BCUT2D eigenvalue weighted by Crippen LogP contribution is 2.18. The second-order valence-corrected chi connectivity index (χ2v) is 12.5. The number of nitrogens with zero attached hydrogens (tertiary/aromatic N) is 1. The minimum atomic E-state index is -0.673. The molecule has 0 saturated heterocycles. The van der Waals surface area contributed by atoms with E-state index in [-0.39, 0.29) is 12.1 Å². The predicted molar refractivity (Wildman–Crippen MR) is 176 cm³/mol. The molecule has 0 aliphatic rings. The van der Waals surface area contributed by atoms with Crippen LogP contribution in [-0.4, -0.2) is 48.7 Å². The van der Waals surface area contributed by atoms with Gasteiger partial charge in [-0.15, -0.1) is 0 Å². The number of hydrogen-bond acceptors (Lipinski definition) is 4. The molecule has 1 N–H and O–H groups in total. The van der Waals surface area contributed by atoms with Crippen molar-refractivity contribution >= 4 is 11.9 Å². The van der Waals surface area contributed by atoms with Crippen molar-refractivity contribution in [2.24, 2.45) is 0 Å². The monoisotopic (exact) mass is 580 g/mol. The second kappa shape index (κ2) is 31.6. The van der Waals surface area contributed by atoms with Crippen LogP contribution in [-0.2, 0) is 14.3 Å². The van der Waals surface area contributed by atoms with Crippen molar-refractivity contribution in [3.8, 4) is 0 Å². The summed E-state index contributed by atoms with van der Waals surface area (Å²) < 4.78 is 5.94. The molecule has 1 atom stereocenters. The van der Waals surface area contributed by atoms with Crippen LogP contribution in [0.1, 0.15) is 180 Å². The lowest BCUT2D eigenvalue weighted by molar-refractivity contribution is -0.150. The van der Waals surface area contributed by atoms with E-state index < -0.39 is 5.97 Å². The zero-order valence-corrected chi connectivity index (χ0v) is 27.7. The number of unbranched alkanes of at least 4 members (excludes halogenated alkanes) is 19. The van der Waals surface area contributed by atoms with Crippen LogP contribution in [0.3, 0.4) is 0 Å². The first-order chi connectivity index (χ1) is 20.0. The van der Waals surface area contributed by atoms with E-state index in [0.29, 0.717) is 12.8 Å². The number of carbonyl (C=O) groups is 2. The molecule has 242 valence electrons. The molecule has 0 aromatic carbocycles. The SMILES string of the molecule is CCCCCCCCCC(CCCCCCCCCCC=CCCCCCCCC(=O)O)OC(=O)CCCN(C)C. The summed E-state index contributed by atoms with van der Waals surface area (Å²) in [6, 6.07) is 0. The first-order valence-electron chi connectivity index (χ1n) is 17.7. The molecular weight excluding hydrogens is 510 g/mol. The first-order valence-corrected chi connectivity index (χ1v) is 17.7. The molecule has 0 spiro atoms. The van der Waals surface area contributed by atoms with Gasteiger partial charge in [0, 0.05) is 12.8 Å². The lowest BCUT2D eigenvalue weighted by Crippen LogP contribution is -2.20. The van der Waals surface area contributed by atoms with E-state index in [1.54, 1.807) is 0 Å². The Morgan fingerprint density at radius 1 is 0.610 bits per heavy atom. The van der Waals surface area contributed by atoms with Crippen molar-refractivity contribution in [3.63, 3.8) is 0 Å². The van der Waals surface area contributed by atoms with Gasteiger partial charge >= 0.3 is 11.9 Å². The number of aliphatic carboxylic acids is 1. The number of carbonyl (C=O) groups excluding carboxylic acids is 1. The molecule has 5 nitrogen and oxygen atoms in total. The van der Waals surface area contributed by atoms with Crippen LogP contribution < -0.4 is 0 Å². The van der Waals surface area contributed by atoms with Crippen molar-refractivity contribution in [2.75, 3.05) is 20.6 Å². The Bertz CT molecular complexity index is 604. The molecule has 0 aliphatic heterocycles. The largest absolute Gasteiger partial charge is 0.481 e. The predicted octanol–water partition coefficient (Wildman–Crippen LogP) is 10.7. The highest BCUT2D eigenvalue weighted by atomic mass is 16.5. The lowest BCUT2D eigenvalue weighted by Gasteiger charge is -2.18. The van der Waals surface area contributed by atoms with E-state index >= 15 is 0 Å². The number of rotatable bonds is 32. The highest BCUT2D eigenvalue weighted by Gasteiger charge is 2.14. The quantitative estimate of drug-likeness (QED) is 0.0488. The van der Waals surface area contributed by atoms with Gasteiger partial charge in [-0.05, 0) is 84.8 Å². The molecule has 0 aromatic heterocycles. The normalized spacial score (nSPS) is 12.4. The van der Waals surface area contributed by atoms with Crippen LogP contribution in [0.5, 0.6) is 0 Å². The van der Waals surface area contributed by atoms with E-state index in [9.17, 15) is 9.59 Å². The fraction of sp³-hybridized carbons (Fsp3) is 0.889. The van der Waals surface area contributed by atoms with Crippen molar-refractivity contribution < 1.29 is 19.4 Å². The third-order valence-corrected chi connectivity index (χ3v) is 7.99. The van der Waals surface area contributed by atoms with E-state index in [1.807, 2.05) is 14.1 Å². The Labute approximate surface area is 255 Å². The summed E-state index contributed by atoms with van der Waals surface area (Å²) in [5, 5.41) is 8.64. The fourth-order valence-electron chi connectivity index (χ4n) is 5.38. The van der Waals surface area contributed by atoms with Gasteiger partial charge in [-0.25, -0.2) is 0 Å². The van der Waals surface area contributed by atoms with Crippen molar-refractivity contribution in [1.29, 1.82) is 0 Å². The zero-order chi connectivity index (χ0) is 30.2. The Morgan fingerprint density at radius 3 is 1.51 bits per heavy atom. The van der Waals surface area contributed by atoms with Crippen LogP contribution in [0.25, 0.3) is 0 Å². The van der Waals surface area contributed by atoms with Gasteiger partial charge < -0.3 is 14.7 Å². The third kappa shape index (κ3) is 33.0. The van der Waals surface area contributed by atoms with Gasteiger partial charge in [-0.1, -0.05) is 115 Å². The van der Waals surface area contributed by atoms with E-state index in [0.717, 1.165) is 51.5 Å². The number of ether oxygens (including phenoxy) is 1. The van der Waals surface area contributed by atoms with Crippen molar-refractivity contribution in [2.45, 2.75) is 186 Å². The molecule has 0 rings (SSSR count). The summed E-state index contributed by atoms with van der Waals surface area (Å²) >= 11 is 0. The van der Waals surface area contributed by atoms with E-state index in [2.05, 4.69) is 24.0 Å². The van der Waals surface area contributed by atoms with Gasteiger partial charge in [0.05, 0.1) is 0 Å². The first kappa shape index (κ1) is 39.6. The minimum absolute atomic E-state index is 0.000366. The van der Waals surface area contributed by atoms with Crippen LogP contribution in [0.2, 0.25) is 0 Å². The van der Waals surface area contributed by atoms with E-state index in [1.165, 1.54) is 116 Å².